The van der Waals surface area contributed by atoms with Crippen LogP contribution in [0.25, 0.3) is 0 Å². The minimum Gasteiger partial charge on any atom is -0.491 e. The number of carbonyl (C=O) groups is 2. The first-order chi connectivity index (χ1) is 9.72. The van der Waals surface area contributed by atoms with Crippen molar-refractivity contribution in [1.29, 1.82) is 0 Å². The highest BCUT2D eigenvalue weighted by molar-refractivity contribution is 6.35. The van der Waals surface area contributed by atoms with Gasteiger partial charge in [-0.15, -0.1) is 0 Å². The zero-order chi connectivity index (χ0) is 16.0. The molecule has 0 heterocycles. The summed E-state index contributed by atoms with van der Waals surface area (Å²) in [5.41, 5.74) is -2.00. The van der Waals surface area contributed by atoms with Crippen molar-refractivity contribution in [1.82, 2.24) is 5.32 Å². The number of carboxylic acid groups (broad SMARTS) is 1. The predicted octanol–water partition coefficient (Wildman–Crippen LogP) is 1.71. The Hall–Kier alpha value is -1.50. The fourth-order valence-corrected chi connectivity index (χ4v) is 1.74. The number of halogens is 2. The second kappa shape index (κ2) is 7.49. The molecule has 0 aliphatic rings. The van der Waals surface area contributed by atoms with Gasteiger partial charge in [-0.25, -0.2) is 4.79 Å². The van der Waals surface area contributed by atoms with Crippen molar-refractivity contribution in [2.45, 2.75) is 18.9 Å². The second-order valence-corrected chi connectivity index (χ2v) is 5.37. The van der Waals surface area contributed by atoms with Gasteiger partial charge in [0, 0.05) is 5.02 Å². The van der Waals surface area contributed by atoms with Crippen molar-refractivity contribution >= 4 is 35.1 Å². The molecule has 0 fully saturated rings. The van der Waals surface area contributed by atoms with E-state index >= 15 is 0 Å². The number of aliphatic carboxylic acids is 1. The first-order valence-corrected chi connectivity index (χ1v) is 6.78. The molecule has 1 aromatic rings. The Morgan fingerprint density at radius 3 is 2.62 bits per heavy atom. The number of aliphatic hydroxyl groups is 1. The minimum absolute atomic E-state index is 0.00530. The normalized spacial score (nSPS) is 13.3. The zero-order valence-electron chi connectivity index (χ0n) is 11.2. The first kappa shape index (κ1) is 17.6. The van der Waals surface area contributed by atoms with E-state index in [4.69, 9.17) is 33.0 Å². The number of hydrogen-bond acceptors (Lipinski definition) is 4. The summed E-state index contributed by atoms with van der Waals surface area (Å²) in [4.78, 5) is 22.1. The van der Waals surface area contributed by atoms with E-state index in [0.29, 0.717) is 15.8 Å². The lowest BCUT2D eigenvalue weighted by molar-refractivity contribution is -0.156. The molecule has 0 aliphatic carbocycles. The van der Waals surface area contributed by atoms with E-state index < -0.39 is 17.5 Å². The number of carbonyl (C=O) groups excluding carboxylic acids is 1. The first-order valence-electron chi connectivity index (χ1n) is 6.02. The van der Waals surface area contributed by atoms with Crippen molar-refractivity contribution in [2.24, 2.45) is 0 Å². The maximum Gasteiger partial charge on any atom is 0.337 e. The summed E-state index contributed by atoms with van der Waals surface area (Å²) in [6, 6.07) is 4.70. The minimum atomic E-state index is -2.00. The monoisotopic (exact) mass is 335 g/mol. The fraction of sp³-hybridized carbons (Fsp3) is 0.385. The lowest BCUT2D eigenvalue weighted by atomic mass is 10.1. The van der Waals surface area contributed by atoms with Gasteiger partial charge in [-0.2, -0.15) is 0 Å². The maximum atomic E-state index is 11.5. The highest BCUT2D eigenvalue weighted by Gasteiger charge is 2.30. The van der Waals surface area contributed by atoms with Crippen molar-refractivity contribution in [2.75, 3.05) is 13.2 Å². The number of hydrogen-bond donors (Lipinski definition) is 3. The third kappa shape index (κ3) is 5.79. The van der Waals surface area contributed by atoms with Crippen LogP contribution in [0.5, 0.6) is 5.75 Å². The van der Waals surface area contributed by atoms with Crippen LogP contribution in [-0.4, -0.2) is 40.8 Å². The Bertz CT molecular complexity index is 533. The maximum absolute atomic E-state index is 11.5. The summed E-state index contributed by atoms with van der Waals surface area (Å²) in [5, 5.41) is 21.2. The molecular weight excluding hydrogens is 321 g/mol. The number of amides is 1. The Balaban J connectivity index is 2.35. The van der Waals surface area contributed by atoms with Gasteiger partial charge in [0.2, 0.25) is 5.91 Å². The van der Waals surface area contributed by atoms with Gasteiger partial charge in [-0.05, 0) is 25.1 Å². The van der Waals surface area contributed by atoms with E-state index in [2.05, 4.69) is 5.32 Å². The van der Waals surface area contributed by atoms with Crippen LogP contribution in [0.4, 0.5) is 0 Å². The van der Waals surface area contributed by atoms with Crippen molar-refractivity contribution < 1.29 is 24.5 Å². The standard InChI is InChI=1S/C13H15Cl2NO5/c1-13(20,12(18)19)7-16-11(17)4-5-21-10-3-2-8(14)6-9(10)15/h2-3,6,20H,4-5,7H2,1H3,(H,16,17)(H,18,19). The van der Waals surface area contributed by atoms with E-state index in [9.17, 15) is 14.7 Å². The lowest BCUT2D eigenvalue weighted by Gasteiger charge is -2.18. The van der Waals surface area contributed by atoms with Gasteiger partial charge >= 0.3 is 5.97 Å². The van der Waals surface area contributed by atoms with E-state index in [1.807, 2.05) is 0 Å². The van der Waals surface area contributed by atoms with Crippen LogP contribution in [0, 0.1) is 0 Å². The molecule has 0 saturated carbocycles. The van der Waals surface area contributed by atoms with Crippen LogP contribution in [0.2, 0.25) is 10.0 Å². The van der Waals surface area contributed by atoms with Gasteiger partial charge in [-0.3, -0.25) is 4.79 Å². The summed E-state index contributed by atoms with van der Waals surface area (Å²) in [6.07, 6.45) is -0.00530. The molecule has 0 aromatic heterocycles. The molecule has 116 valence electrons. The predicted molar refractivity (Wildman–Crippen MR) is 77.8 cm³/mol. The molecule has 3 N–H and O–H groups in total. The lowest BCUT2D eigenvalue weighted by Crippen LogP contribution is -2.46. The Labute approximate surface area is 131 Å². The third-order valence-corrected chi connectivity index (χ3v) is 3.10. The Kier molecular flexibility index (Phi) is 6.26. The smallest absolute Gasteiger partial charge is 0.337 e. The molecule has 1 rings (SSSR count). The molecule has 0 saturated heterocycles. The number of ether oxygens (including phenoxy) is 1. The van der Waals surface area contributed by atoms with Gasteiger partial charge in [0.05, 0.1) is 24.6 Å². The van der Waals surface area contributed by atoms with E-state index in [-0.39, 0.29) is 19.6 Å². The quantitative estimate of drug-likeness (QED) is 0.705. The van der Waals surface area contributed by atoms with Crippen LogP contribution in [0.15, 0.2) is 18.2 Å². The molecular formula is C13H15Cl2NO5. The SMILES string of the molecule is CC(O)(CNC(=O)CCOc1ccc(Cl)cc1Cl)C(=O)O. The molecule has 8 heteroatoms. The van der Waals surface area contributed by atoms with E-state index in [1.54, 1.807) is 12.1 Å². The molecule has 0 aliphatic heterocycles. The van der Waals surface area contributed by atoms with Crippen LogP contribution in [0.3, 0.4) is 0 Å². The highest BCUT2D eigenvalue weighted by Crippen LogP contribution is 2.27. The number of nitrogens with one attached hydrogen (secondary N) is 1. The van der Waals surface area contributed by atoms with Crippen LogP contribution < -0.4 is 10.1 Å². The molecule has 21 heavy (non-hydrogen) atoms. The van der Waals surface area contributed by atoms with Crippen LogP contribution in [0.1, 0.15) is 13.3 Å². The second-order valence-electron chi connectivity index (χ2n) is 4.53. The Morgan fingerprint density at radius 1 is 1.38 bits per heavy atom. The topological polar surface area (TPSA) is 95.9 Å². The molecule has 0 radical (unpaired) electrons. The Morgan fingerprint density at radius 2 is 2.05 bits per heavy atom. The fourth-order valence-electron chi connectivity index (χ4n) is 1.28. The van der Waals surface area contributed by atoms with Gasteiger partial charge in [0.1, 0.15) is 5.75 Å². The van der Waals surface area contributed by atoms with E-state index in [1.165, 1.54) is 6.07 Å². The third-order valence-electron chi connectivity index (χ3n) is 2.57. The molecule has 1 aromatic carbocycles. The molecule has 0 bridgehead atoms. The molecule has 1 unspecified atom stereocenters. The van der Waals surface area contributed by atoms with Crippen LogP contribution >= 0.6 is 23.2 Å². The number of benzene rings is 1. The van der Waals surface area contributed by atoms with Crippen molar-refractivity contribution in [3.8, 4) is 5.75 Å². The summed E-state index contributed by atoms with van der Waals surface area (Å²) in [5.74, 6) is -1.46. The number of carboxylic acids is 1. The van der Waals surface area contributed by atoms with Crippen molar-refractivity contribution in [3.05, 3.63) is 28.2 Å². The average Bonchev–Trinajstić information content (AvgIpc) is 2.39. The zero-order valence-corrected chi connectivity index (χ0v) is 12.7. The summed E-state index contributed by atoms with van der Waals surface area (Å²) in [7, 11) is 0. The van der Waals surface area contributed by atoms with Gasteiger partial charge in [-0.1, -0.05) is 23.2 Å². The summed E-state index contributed by atoms with van der Waals surface area (Å²) < 4.78 is 5.31. The van der Waals surface area contributed by atoms with Gasteiger partial charge in [0.25, 0.3) is 0 Å². The average molecular weight is 336 g/mol. The van der Waals surface area contributed by atoms with Crippen molar-refractivity contribution in [3.63, 3.8) is 0 Å². The number of rotatable bonds is 7. The van der Waals surface area contributed by atoms with Gasteiger partial charge < -0.3 is 20.3 Å². The molecule has 1 amide bonds. The van der Waals surface area contributed by atoms with Gasteiger partial charge in [0.15, 0.2) is 5.60 Å². The summed E-state index contributed by atoms with van der Waals surface area (Å²) >= 11 is 11.6. The largest absolute Gasteiger partial charge is 0.491 e. The summed E-state index contributed by atoms with van der Waals surface area (Å²) in [6.45, 7) is 0.769. The molecule has 0 spiro atoms. The van der Waals surface area contributed by atoms with E-state index in [0.717, 1.165) is 6.92 Å². The molecule has 1 atom stereocenters. The highest BCUT2D eigenvalue weighted by atomic mass is 35.5. The molecule has 6 nitrogen and oxygen atoms in total. The van der Waals surface area contributed by atoms with Crippen LogP contribution in [-0.2, 0) is 9.59 Å².